The van der Waals surface area contributed by atoms with Gasteiger partial charge in [0.05, 0.1) is 4.87 Å². The number of likely N-dealkylation sites (N-methyl/N-ethyl adjacent to an activating group) is 1. The largest absolute Gasteiger partial charge is 0.353 e. The predicted octanol–water partition coefficient (Wildman–Crippen LogP) is 0.166. The molecule has 0 spiro atoms. The van der Waals surface area contributed by atoms with Crippen LogP contribution in [0.4, 0.5) is 0 Å². The normalized spacial score (nSPS) is 30.7. The first kappa shape index (κ1) is 13.7. The van der Waals surface area contributed by atoms with Gasteiger partial charge in [0.25, 0.3) is 0 Å². The summed E-state index contributed by atoms with van der Waals surface area (Å²) in [4.78, 5) is 25.6. The van der Waals surface area contributed by atoms with E-state index in [4.69, 9.17) is 0 Å². The van der Waals surface area contributed by atoms with Crippen LogP contribution in [-0.2, 0) is 9.59 Å². The van der Waals surface area contributed by atoms with Crippen LogP contribution >= 0.6 is 11.8 Å². The minimum absolute atomic E-state index is 0.0145. The van der Waals surface area contributed by atoms with Gasteiger partial charge in [0.1, 0.15) is 6.04 Å². The molecule has 5 nitrogen and oxygen atoms in total. The number of carbonyl (C=O) groups excluding carboxylic acids is 2. The van der Waals surface area contributed by atoms with Crippen LogP contribution in [0.1, 0.15) is 26.7 Å². The fourth-order valence-electron chi connectivity index (χ4n) is 2.58. The Morgan fingerprint density at radius 2 is 2.33 bits per heavy atom. The van der Waals surface area contributed by atoms with Crippen LogP contribution in [0, 0.1) is 0 Å². The summed E-state index contributed by atoms with van der Waals surface area (Å²) in [6, 6.07) is -0.281. The Morgan fingerprint density at radius 3 is 3.06 bits per heavy atom. The average molecular weight is 271 g/mol. The molecular weight excluding hydrogens is 250 g/mol. The lowest BCUT2D eigenvalue weighted by Gasteiger charge is -2.29. The maximum Gasteiger partial charge on any atom is 0.243 e. The second-order valence-electron chi connectivity index (χ2n) is 4.91. The maximum atomic E-state index is 12.1. The van der Waals surface area contributed by atoms with Crippen LogP contribution in [0.15, 0.2) is 0 Å². The third-order valence-electron chi connectivity index (χ3n) is 3.60. The number of amides is 2. The molecule has 0 aromatic heterocycles. The Morgan fingerprint density at radius 1 is 1.56 bits per heavy atom. The zero-order valence-corrected chi connectivity index (χ0v) is 11.8. The van der Waals surface area contributed by atoms with Gasteiger partial charge in [0.15, 0.2) is 0 Å². The maximum absolute atomic E-state index is 12.1. The fraction of sp³-hybridized carbons (Fsp3) is 0.833. The molecule has 2 heterocycles. The molecule has 2 fully saturated rings. The van der Waals surface area contributed by atoms with E-state index < -0.39 is 0 Å². The molecular formula is C12H21N3O2S. The van der Waals surface area contributed by atoms with Gasteiger partial charge in [-0.1, -0.05) is 6.92 Å². The molecule has 2 unspecified atom stereocenters. The number of fused-ring (bicyclic) bond motifs is 1. The third-order valence-corrected chi connectivity index (χ3v) is 5.10. The topological polar surface area (TPSA) is 61.4 Å². The van der Waals surface area contributed by atoms with Gasteiger partial charge in [-0.25, -0.2) is 0 Å². The lowest BCUT2D eigenvalue weighted by Crippen LogP contribution is -2.50. The standard InChI is InChI=1S/C12H21N3O2S/c1-3-13-6-7-14-11(17)9-8-18-12(2)5-4-10(16)15(9)12/h9,13H,3-8H2,1-2H3,(H,14,17). The summed E-state index contributed by atoms with van der Waals surface area (Å²) in [6.07, 6.45) is 1.43. The van der Waals surface area contributed by atoms with Crippen molar-refractivity contribution in [3.63, 3.8) is 0 Å². The SMILES string of the molecule is CCNCCNC(=O)C1CSC2(C)CCC(=O)N12. The van der Waals surface area contributed by atoms with Crippen molar-refractivity contribution in [1.29, 1.82) is 0 Å². The third kappa shape index (κ3) is 2.49. The first-order chi connectivity index (χ1) is 8.58. The van der Waals surface area contributed by atoms with E-state index in [1.54, 1.807) is 16.7 Å². The average Bonchev–Trinajstić information content (AvgIpc) is 2.83. The van der Waals surface area contributed by atoms with Gasteiger partial charge in [-0.05, 0) is 19.9 Å². The number of hydrogen-bond acceptors (Lipinski definition) is 4. The minimum atomic E-state index is -0.281. The van der Waals surface area contributed by atoms with Crippen molar-refractivity contribution in [2.24, 2.45) is 0 Å². The Hall–Kier alpha value is -0.750. The molecule has 2 amide bonds. The van der Waals surface area contributed by atoms with Gasteiger partial charge in [-0.2, -0.15) is 0 Å². The molecule has 18 heavy (non-hydrogen) atoms. The first-order valence-corrected chi connectivity index (χ1v) is 7.51. The van der Waals surface area contributed by atoms with Crippen LogP contribution in [-0.4, -0.2) is 53.0 Å². The molecule has 2 aliphatic heterocycles. The quantitative estimate of drug-likeness (QED) is 0.700. The number of nitrogens with zero attached hydrogens (tertiary/aromatic N) is 1. The van der Waals surface area contributed by atoms with Crippen molar-refractivity contribution < 1.29 is 9.59 Å². The van der Waals surface area contributed by atoms with Crippen LogP contribution in [0.5, 0.6) is 0 Å². The van der Waals surface area contributed by atoms with Crippen LogP contribution in [0.3, 0.4) is 0 Å². The van der Waals surface area contributed by atoms with Crippen LogP contribution in [0.25, 0.3) is 0 Å². The summed E-state index contributed by atoms with van der Waals surface area (Å²) >= 11 is 1.73. The summed E-state index contributed by atoms with van der Waals surface area (Å²) < 4.78 is 0. The summed E-state index contributed by atoms with van der Waals surface area (Å²) in [5.74, 6) is 0.823. The molecule has 2 N–H and O–H groups in total. The van der Waals surface area contributed by atoms with E-state index in [1.807, 2.05) is 6.92 Å². The summed E-state index contributed by atoms with van der Waals surface area (Å²) in [6.45, 7) is 6.38. The number of nitrogens with one attached hydrogen (secondary N) is 2. The molecule has 0 bridgehead atoms. The second kappa shape index (κ2) is 5.48. The van der Waals surface area contributed by atoms with Gasteiger partial charge < -0.3 is 15.5 Å². The van der Waals surface area contributed by atoms with Gasteiger partial charge >= 0.3 is 0 Å². The number of carbonyl (C=O) groups is 2. The highest BCUT2D eigenvalue weighted by molar-refractivity contribution is 8.01. The van der Waals surface area contributed by atoms with Crippen molar-refractivity contribution >= 4 is 23.6 Å². The monoisotopic (exact) mass is 271 g/mol. The van der Waals surface area contributed by atoms with Crippen molar-refractivity contribution in [3.8, 4) is 0 Å². The van der Waals surface area contributed by atoms with E-state index in [0.717, 1.165) is 25.3 Å². The zero-order valence-electron chi connectivity index (χ0n) is 11.0. The second-order valence-corrected chi connectivity index (χ2v) is 6.41. The molecule has 0 radical (unpaired) electrons. The van der Waals surface area contributed by atoms with Crippen molar-refractivity contribution in [3.05, 3.63) is 0 Å². The van der Waals surface area contributed by atoms with Crippen molar-refractivity contribution in [2.45, 2.75) is 37.6 Å². The molecule has 2 aliphatic rings. The van der Waals surface area contributed by atoms with Gasteiger partial charge in [0, 0.05) is 25.3 Å². The van der Waals surface area contributed by atoms with Crippen LogP contribution in [0.2, 0.25) is 0 Å². The Balaban J connectivity index is 1.89. The minimum Gasteiger partial charge on any atom is -0.353 e. The summed E-state index contributed by atoms with van der Waals surface area (Å²) in [5, 5.41) is 6.06. The van der Waals surface area contributed by atoms with Crippen molar-refractivity contribution in [2.75, 3.05) is 25.4 Å². The lowest BCUT2D eigenvalue weighted by atomic mass is 10.2. The number of rotatable bonds is 5. The molecule has 0 saturated carbocycles. The molecule has 2 atom stereocenters. The molecule has 2 saturated heterocycles. The molecule has 6 heteroatoms. The Bertz CT molecular complexity index is 350. The molecule has 2 rings (SSSR count). The fourth-order valence-corrected chi connectivity index (χ4v) is 4.02. The number of thioether (sulfide) groups is 1. The Labute approximate surface area is 112 Å². The Kier molecular flexibility index (Phi) is 4.17. The first-order valence-electron chi connectivity index (χ1n) is 6.53. The predicted molar refractivity (Wildman–Crippen MR) is 72.3 cm³/mol. The molecule has 0 aromatic carbocycles. The van der Waals surface area contributed by atoms with Gasteiger partial charge in [-0.15, -0.1) is 11.8 Å². The summed E-state index contributed by atoms with van der Waals surface area (Å²) in [7, 11) is 0. The van der Waals surface area contributed by atoms with E-state index in [-0.39, 0.29) is 22.7 Å². The molecule has 102 valence electrons. The molecule has 0 aromatic rings. The van der Waals surface area contributed by atoms with E-state index in [9.17, 15) is 9.59 Å². The van der Waals surface area contributed by atoms with Crippen LogP contribution < -0.4 is 10.6 Å². The van der Waals surface area contributed by atoms with Crippen molar-refractivity contribution in [1.82, 2.24) is 15.5 Å². The highest BCUT2D eigenvalue weighted by atomic mass is 32.2. The highest BCUT2D eigenvalue weighted by Crippen LogP contribution is 2.47. The van der Waals surface area contributed by atoms with E-state index in [1.165, 1.54) is 0 Å². The van der Waals surface area contributed by atoms with E-state index in [2.05, 4.69) is 17.6 Å². The van der Waals surface area contributed by atoms with Gasteiger partial charge in [-0.3, -0.25) is 9.59 Å². The van der Waals surface area contributed by atoms with Gasteiger partial charge in [0.2, 0.25) is 11.8 Å². The smallest absolute Gasteiger partial charge is 0.243 e. The lowest BCUT2D eigenvalue weighted by molar-refractivity contribution is -0.137. The highest BCUT2D eigenvalue weighted by Gasteiger charge is 2.52. The zero-order chi connectivity index (χ0) is 13.2. The summed E-state index contributed by atoms with van der Waals surface area (Å²) in [5.41, 5.74) is 0. The number of hydrogen-bond donors (Lipinski definition) is 2. The molecule has 0 aliphatic carbocycles. The van der Waals surface area contributed by atoms with E-state index in [0.29, 0.717) is 13.0 Å². The van der Waals surface area contributed by atoms with E-state index >= 15 is 0 Å².